The summed E-state index contributed by atoms with van der Waals surface area (Å²) in [7, 11) is -0.833. The molecule has 0 aromatic rings. The van der Waals surface area contributed by atoms with Crippen LogP contribution in [0.2, 0.25) is 0 Å². The molecule has 70 valence electrons. The molecule has 0 radical (unpaired) electrons. The van der Waals surface area contributed by atoms with Crippen molar-refractivity contribution in [2.75, 3.05) is 26.4 Å². The number of aliphatic hydroxyl groups excluding tert-OH is 4. The van der Waals surface area contributed by atoms with E-state index in [1.54, 1.807) is 0 Å². The van der Waals surface area contributed by atoms with Crippen molar-refractivity contribution in [3.63, 3.8) is 0 Å². The molecule has 0 amide bonds. The third-order valence-electron chi connectivity index (χ3n) is 0.200. The van der Waals surface area contributed by atoms with Crippen molar-refractivity contribution in [3.05, 3.63) is 0 Å². The van der Waals surface area contributed by atoms with E-state index < -0.39 is 8.69 Å². The molecule has 0 aromatic heterocycles. The van der Waals surface area contributed by atoms with Gasteiger partial charge in [-0.25, -0.2) is 4.57 Å². The van der Waals surface area contributed by atoms with Crippen LogP contribution in [0.15, 0.2) is 0 Å². The van der Waals surface area contributed by atoms with Gasteiger partial charge in [0, 0.05) is 0 Å². The zero-order valence-corrected chi connectivity index (χ0v) is 6.81. The van der Waals surface area contributed by atoms with Crippen LogP contribution in [0.3, 0.4) is 0 Å². The fourth-order valence-electron chi connectivity index (χ4n) is 0. The lowest BCUT2D eigenvalue weighted by atomic mass is 10.8. The van der Waals surface area contributed by atoms with Gasteiger partial charge in [0.1, 0.15) is 0 Å². The number of rotatable bonds is 2. The van der Waals surface area contributed by atoms with Gasteiger partial charge >= 0.3 is 8.69 Å². The Morgan fingerprint density at radius 1 is 0.818 bits per heavy atom. The molecule has 0 rings (SSSR count). The van der Waals surface area contributed by atoms with Crippen molar-refractivity contribution < 1.29 is 29.9 Å². The van der Waals surface area contributed by atoms with Crippen molar-refractivity contribution in [2.45, 2.75) is 0 Å². The van der Waals surface area contributed by atoms with Gasteiger partial charge in [-0.2, -0.15) is 0 Å². The Hall–Kier alpha value is -0.100. The van der Waals surface area contributed by atoms with E-state index in [9.17, 15) is 0 Å². The minimum Gasteiger partial charge on any atom is -0.394 e. The van der Waals surface area contributed by atoms with Crippen LogP contribution in [-0.2, 0) is 4.57 Å². The first-order valence-corrected chi connectivity index (χ1v) is 3.41. The van der Waals surface area contributed by atoms with Crippen LogP contribution in [0.4, 0.5) is 0 Å². The van der Waals surface area contributed by atoms with E-state index in [2.05, 4.69) is 0 Å². The quantitative estimate of drug-likeness (QED) is 0.324. The molecule has 0 bridgehead atoms. The average molecular weight is 188 g/mol. The molecule has 0 aliphatic carbocycles. The predicted molar refractivity (Wildman–Crippen MR) is 38.2 cm³/mol. The van der Waals surface area contributed by atoms with Crippen LogP contribution < -0.4 is 0 Å². The minimum absolute atomic E-state index is 0.125. The summed E-state index contributed by atoms with van der Waals surface area (Å²) < 4.78 is 8.46. The second-order valence-corrected chi connectivity index (χ2v) is 1.14. The largest absolute Gasteiger partial charge is 0.394 e. The van der Waals surface area contributed by atoms with Crippen LogP contribution in [0, 0.1) is 0 Å². The molecule has 6 nitrogen and oxygen atoms in total. The standard InChI is InChI=1S/2C2H6O2.HO2P/c2*3-1-2-4;1-3-2/h2*3-4H,1-2H2;(H,1,2). The summed E-state index contributed by atoms with van der Waals surface area (Å²) in [5.74, 6) is 0. The molecule has 0 heterocycles. The Kier molecular flexibility index (Phi) is 50.8. The highest BCUT2D eigenvalue weighted by molar-refractivity contribution is 7.16. The zero-order valence-electron chi connectivity index (χ0n) is 5.92. The van der Waals surface area contributed by atoms with Gasteiger partial charge < -0.3 is 25.3 Å². The maximum absolute atomic E-state index is 8.46. The lowest BCUT2D eigenvalue weighted by molar-refractivity contribution is 0.186. The molecule has 7 heteroatoms. The normalized spacial score (nSPS) is 7.36. The second kappa shape index (κ2) is 32.7. The van der Waals surface area contributed by atoms with E-state index in [-0.39, 0.29) is 26.4 Å². The highest BCUT2D eigenvalue weighted by Crippen LogP contribution is 1.66. The van der Waals surface area contributed by atoms with Crippen LogP contribution >= 0.6 is 8.69 Å². The Bertz CT molecular complexity index is 43.8. The van der Waals surface area contributed by atoms with Gasteiger partial charge in [0.15, 0.2) is 0 Å². The summed E-state index contributed by atoms with van der Waals surface area (Å²) in [4.78, 5) is 6.99. The van der Waals surface area contributed by atoms with Crippen molar-refractivity contribution >= 4 is 8.69 Å². The van der Waals surface area contributed by atoms with Gasteiger partial charge in [-0.1, -0.05) is 0 Å². The molecular formula is C4H13O6P. The first-order chi connectivity index (χ1) is 5.24. The van der Waals surface area contributed by atoms with Gasteiger partial charge in [-0.15, -0.1) is 0 Å². The fourth-order valence-corrected chi connectivity index (χ4v) is 0. The smallest absolute Gasteiger partial charge is 0.324 e. The van der Waals surface area contributed by atoms with Crippen molar-refractivity contribution in [1.82, 2.24) is 0 Å². The van der Waals surface area contributed by atoms with Crippen LogP contribution in [0.1, 0.15) is 0 Å². The SMILES string of the molecule is O=PO.OCCO.OCCO. The van der Waals surface area contributed by atoms with E-state index in [0.29, 0.717) is 0 Å². The maximum Gasteiger partial charge on any atom is 0.324 e. The summed E-state index contributed by atoms with van der Waals surface area (Å²) in [6, 6.07) is 0. The van der Waals surface area contributed by atoms with Gasteiger partial charge in [-0.3, -0.25) is 0 Å². The van der Waals surface area contributed by atoms with Crippen LogP contribution in [-0.4, -0.2) is 51.7 Å². The molecule has 11 heavy (non-hydrogen) atoms. The predicted octanol–water partition coefficient (Wildman–Crippen LogP) is -1.87. The summed E-state index contributed by atoms with van der Waals surface area (Å²) in [5.41, 5.74) is 0. The fraction of sp³-hybridized carbons (Fsp3) is 1.00. The summed E-state index contributed by atoms with van der Waals surface area (Å²) in [6.45, 7) is -0.500. The molecule has 0 saturated carbocycles. The Balaban J connectivity index is -0.0000000886. The molecule has 0 aliphatic heterocycles. The molecular weight excluding hydrogens is 175 g/mol. The second-order valence-electron chi connectivity index (χ2n) is 0.976. The van der Waals surface area contributed by atoms with Crippen LogP contribution in [0.25, 0.3) is 0 Å². The minimum atomic E-state index is -0.833. The average Bonchev–Trinajstić information content (AvgIpc) is 2.06. The van der Waals surface area contributed by atoms with Gasteiger partial charge in [0.2, 0.25) is 0 Å². The van der Waals surface area contributed by atoms with E-state index in [0.717, 1.165) is 0 Å². The molecule has 0 atom stereocenters. The lowest BCUT2D eigenvalue weighted by Gasteiger charge is -1.70. The van der Waals surface area contributed by atoms with Crippen molar-refractivity contribution in [3.8, 4) is 0 Å². The Morgan fingerprint density at radius 2 is 0.909 bits per heavy atom. The van der Waals surface area contributed by atoms with Crippen molar-refractivity contribution in [2.24, 2.45) is 0 Å². The first-order valence-electron chi connectivity index (χ1n) is 2.65. The van der Waals surface area contributed by atoms with E-state index >= 15 is 0 Å². The summed E-state index contributed by atoms with van der Waals surface area (Å²) >= 11 is 0. The summed E-state index contributed by atoms with van der Waals surface area (Å²) in [6.07, 6.45) is 0. The van der Waals surface area contributed by atoms with Crippen molar-refractivity contribution in [1.29, 1.82) is 0 Å². The Morgan fingerprint density at radius 3 is 0.909 bits per heavy atom. The molecule has 0 aromatic carbocycles. The number of hydrogen-bond donors (Lipinski definition) is 5. The van der Waals surface area contributed by atoms with Gasteiger partial charge in [0.25, 0.3) is 0 Å². The topological polar surface area (TPSA) is 118 Å². The highest BCUT2D eigenvalue weighted by atomic mass is 31.1. The highest BCUT2D eigenvalue weighted by Gasteiger charge is 1.58. The molecule has 0 spiro atoms. The number of aliphatic hydroxyl groups is 4. The molecule has 0 fully saturated rings. The van der Waals surface area contributed by atoms with E-state index in [1.807, 2.05) is 0 Å². The Labute approximate surface area is 66.0 Å². The van der Waals surface area contributed by atoms with Gasteiger partial charge in [-0.05, 0) is 0 Å². The van der Waals surface area contributed by atoms with E-state index in [1.165, 1.54) is 0 Å². The third-order valence-corrected chi connectivity index (χ3v) is 0.200. The lowest BCUT2D eigenvalue weighted by Crippen LogP contribution is -1.85. The van der Waals surface area contributed by atoms with Gasteiger partial charge in [0.05, 0.1) is 26.4 Å². The third kappa shape index (κ3) is 171. The monoisotopic (exact) mass is 188 g/mol. The molecule has 0 aliphatic rings. The maximum atomic E-state index is 8.46. The number of hydrogen-bond acceptors (Lipinski definition) is 5. The zero-order chi connectivity index (χ0) is 9.54. The summed E-state index contributed by atoms with van der Waals surface area (Å²) in [5, 5.41) is 30.5. The van der Waals surface area contributed by atoms with E-state index in [4.69, 9.17) is 29.9 Å². The molecule has 0 saturated heterocycles. The molecule has 0 unspecified atom stereocenters. The molecule has 5 N–H and O–H groups in total. The first kappa shape index (κ1) is 17.1. The van der Waals surface area contributed by atoms with Crippen LogP contribution in [0.5, 0.6) is 0 Å².